The number of hydrogen-bond donors (Lipinski definition) is 0. The molecule has 0 saturated heterocycles. The molecule has 0 aliphatic heterocycles. The van der Waals surface area contributed by atoms with E-state index in [0.29, 0.717) is 0 Å². The van der Waals surface area contributed by atoms with Crippen molar-refractivity contribution < 1.29 is 13.7 Å². The van der Waals surface area contributed by atoms with E-state index in [1.807, 2.05) is 78.9 Å². The summed E-state index contributed by atoms with van der Waals surface area (Å²) in [5.74, 6) is 1.53. The molecule has 3 rings (SSSR count). The van der Waals surface area contributed by atoms with Gasteiger partial charge in [-0.25, -0.2) is 4.21 Å². The second kappa shape index (κ2) is 8.50. The Labute approximate surface area is 156 Å². The fraction of sp³-hybridized carbons (Fsp3) is 0.0909. The minimum Gasteiger partial charge on any atom is -0.497 e. The van der Waals surface area contributed by atoms with Gasteiger partial charge in [-0.05, 0) is 53.1 Å². The Bertz CT molecular complexity index is 898. The summed E-state index contributed by atoms with van der Waals surface area (Å²) in [7, 11) is 1.97. The normalized spacial score (nSPS) is 12.5. The first-order chi connectivity index (χ1) is 12.7. The van der Waals surface area contributed by atoms with Gasteiger partial charge in [0.1, 0.15) is 11.5 Å². The molecule has 26 heavy (non-hydrogen) atoms. The summed E-state index contributed by atoms with van der Waals surface area (Å²) in [6.45, 7) is 0. The predicted octanol–water partition coefficient (Wildman–Crippen LogP) is 4.90. The highest BCUT2D eigenvalue weighted by molar-refractivity contribution is 7.88. The van der Waals surface area contributed by atoms with Crippen LogP contribution >= 0.6 is 0 Å². The quantitative estimate of drug-likeness (QED) is 0.624. The Kier molecular flexibility index (Phi) is 5.87. The molecule has 3 nitrogen and oxygen atoms in total. The predicted molar refractivity (Wildman–Crippen MR) is 106 cm³/mol. The third kappa shape index (κ3) is 4.21. The van der Waals surface area contributed by atoms with Crippen molar-refractivity contribution in [2.24, 2.45) is 0 Å². The van der Waals surface area contributed by atoms with Crippen molar-refractivity contribution >= 4 is 16.4 Å². The van der Waals surface area contributed by atoms with Gasteiger partial charge in [0, 0.05) is 10.3 Å². The van der Waals surface area contributed by atoms with Gasteiger partial charge in [0.25, 0.3) is 0 Å². The molecule has 1 atom stereocenters. The molecule has 0 aliphatic carbocycles. The Morgan fingerprint density at radius 2 is 1.23 bits per heavy atom. The van der Waals surface area contributed by atoms with Gasteiger partial charge in [0.05, 0.1) is 25.0 Å². The third-order valence-electron chi connectivity index (χ3n) is 4.00. The molecular weight excluding hydrogens is 344 g/mol. The molecule has 0 aliphatic rings. The number of rotatable bonds is 6. The fourth-order valence-corrected chi connectivity index (χ4v) is 3.60. The molecule has 4 heteroatoms. The van der Waals surface area contributed by atoms with Crippen molar-refractivity contribution in [2.45, 2.75) is 4.90 Å². The average Bonchev–Trinajstić information content (AvgIpc) is 2.72. The van der Waals surface area contributed by atoms with Crippen LogP contribution < -0.4 is 9.47 Å². The Morgan fingerprint density at radius 3 is 1.77 bits per heavy atom. The zero-order chi connectivity index (χ0) is 18.4. The Balaban J connectivity index is 2.01. The molecule has 0 saturated carbocycles. The smallest absolute Gasteiger partial charge is 0.118 e. The lowest BCUT2D eigenvalue weighted by Gasteiger charge is -2.10. The minimum absolute atomic E-state index is 0.729. The maximum atomic E-state index is 12.9. The second-order valence-corrected chi connectivity index (χ2v) is 6.90. The van der Waals surface area contributed by atoms with Crippen LogP contribution in [0.2, 0.25) is 0 Å². The van der Waals surface area contributed by atoms with Gasteiger partial charge in [-0.3, -0.25) is 0 Å². The van der Waals surface area contributed by atoms with Crippen molar-refractivity contribution in [1.29, 1.82) is 0 Å². The highest BCUT2D eigenvalue weighted by Crippen LogP contribution is 2.27. The van der Waals surface area contributed by atoms with Crippen LogP contribution in [0.25, 0.3) is 5.57 Å². The van der Waals surface area contributed by atoms with Crippen LogP contribution in [-0.4, -0.2) is 18.4 Å². The lowest BCUT2D eigenvalue weighted by molar-refractivity contribution is 0.414. The first kappa shape index (κ1) is 18.0. The first-order valence-electron chi connectivity index (χ1n) is 8.17. The van der Waals surface area contributed by atoms with Crippen LogP contribution in [0.4, 0.5) is 0 Å². The Morgan fingerprint density at radius 1 is 0.731 bits per heavy atom. The number of methoxy groups -OCH3 is 2. The molecule has 3 aromatic rings. The maximum Gasteiger partial charge on any atom is 0.118 e. The lowest BCUT2D eigenvalue weighted by atomic mass is 10.00. The van der Waals surface area contributed by atoms with Gasteiger partial charge in [0.15, 0.2) is 0 Å². The van der Waals surface area contributed by atoms with Gasteiger partial charge in [-0.1, -0.05) is 42.5 Å². The van der Waals surface area contributed by atoms with Gasteiger partial charge in [-0.2, -0.15) is 0 Å². The van der Waals surface area contributed by atoms with Crippen LogP contribution in [0.1, 0.15) is 11.1 Å². The van der Waals surface area contributed by atoms with Crippen molar-refractivity contribution in [3.8, 4) is 11.5 Å². The largest absolute Gasteiger partial charge is 0.497 e. The SMILES string of the molecule is COc1ccc(/C(=C/S(=O)c2ccc(OC)cc2)c2ccccc2)cc1. The summed E-state index contributed by atoms with van der Waals surface area (Å²) in [6, 6.07) is 25.0. The van der Waals surface area contributed by atoms with Crippen LogP contribution in [0.3, 0.4) is 0 Å². The number of benzene rings is 3. The molecule has 0 spiro atoms. The molecule has 0 heterocycles. The fourth-order valence-electron chi connectivity index (χ4n) is 2.58. The molecule has 3 aromatic carbocycles. The van der Waals surface area contributed by atoms with E-state index in [4.69, 9.17) is 9.47 Å². The summed E-state index contributed by atoms with van der Waals surface area (Å²) in [5, 5.41) is 1.79. The van der Waals surface area contributed by atoms with Crippen LogP contribution in [0.5, 0.6) is 11.5 Å². The van der Waals surface area contributed by atoms with Crippen LogP contribution in [-0.2, 0) is 10.8 Å². The van der Waals surface area contributed by atoms with E-state index in [2.05, 4.69) is 0 Å². The van der Waals surface area contributed by atoms with E-state index in [9.17, 15) is 4.21 Å². The summed E-state index contributed by atoms with van der Waals surface area (Å²) >= 11 is 0. The number of ether oxygens (including phenoxy) is 2. The van der Waals surface area contributed by atoms with Crippen LogP contribution in [0, 0.1) is 0 Å². The monoisotopic (exact) mass is 364 g/mol. The van der Waals surface area contributed by atoms with E-state index in [1.165, 1.54) is 0 Å². The molecule has 0 aromatic heterocycles. The highest BCUT2D eigenvalue weighted by Gasteiger charge is 2.09. The molecule has 0 bridgehead atoms. The van der Waals surface area contributed by atoms with Gasteiger partial charge in [0.2, 0.25) is 0 Å². The minimum atomic E-state index is -1.28. The molecule has 0 radical (unpaired) electrons. The zero-order valence-electron chi connectivity index (χ0n) is 14.7. The molecule has 132 valence electrons. The topological polar surface area (TPSA) is 35.5 Å². The summed E-state index contributed by atoms with van der Waals surface area (Å²) < 4.78 is 23.3. The second-order valence-electron chi connectivity index (χ2n) is 5.60. The van der Waals surface area contributed by atoms with E-state index >= 15 is 0 Å². The maximum absolute atomic E-state index is 12.9. The standard InChI is InChI=1S/C22H20O3S/c1-24-19-10-8-18(9-11-19)22(17-6-4-3-5-7-17)16-26(23)21-14-12-20(25-2)13-15-21/h3-16H,1-2H3/b22-16+. The Hall–Kier alpha value is -2.85. The molecular formula is C22H20O3S. The number of hydrogen-bond acceptors (Lipinski definition) is 3. The third-order valence-corrected chi connectivity index (χ3v) is 5.19. The van der Waals surface area contributed by atoms with Gasteiger partial charge in [-0.15, -0.1) is 0 Å². The van der Waals surface area contributed by atoms with Crippen LogP contribution in [0.15, 0.2) is 89.2 Å². The first-order valence-corrected chi connectivity index (χ1v) is 9.39. The summed E-state index contributed by atoms with van der Waals surface area (Å²) in [4.78, 5) is 0.729. The van der Waals surface area contributed by atoms with E-state index in [1.54, 1.807) is 19.6 Å². The zero-order valence-corrected chi connectivity index (χ0v) is 15.5. The van der Waals surface area contributed by atoms with Gasteiger partial charge >= 0.3 is 0 Å². The van der Waals surface area contributed by atoms with E-state index < -0.39 is 10.8 Å². The van der Waals surface area contributed by atoms with Crippen molar-refractivity contribution in [3.63, 3.8) is 0 Å². The molecule has 0 N–H and O–H groups in total. The van der Waals surface area contributed by atoms with Crippen molar-refractivity contribution in [3.05, 3.63) is 95.4 Å². The van der Waals surface area contributed by atoms with Gasteiger partial charge < -0.3 is 9.47 Å². The van der Waals surface area contributed by atoms with E-state index in [-0.39, 0.29) is 0 Å². The molecule has 0 amide bonds. The highest BCUT2D eigenvalue weighted by atomic mass is 32.2. The molecule has 0 fully saturated rings. The molecule has 1 unspecified atom stereocenters. The van der Waals surface area contributed by atoms with Crippen molar-refractivity contribution in [2.75, 3.05) is 14.2 Å². The average molecular weight is 364 g/mol. The van der Waals surface area contributed by atoms with Crippen molar-refractivity contribution in [1.82, 2.24) is 0 Å². The lowest BCUT2D eigenvalue weighted by Crippen LogP contribution is -1.94. The van der Waals surface area contributed by atoms with E-state index in [0.717, 1.165) is 33.1 Å². The summed E-state index contributed by atoms with van der Waals surface area (Å²) in [6.07, 6.45) is 0. The summed E-state index contributed by atoms with van der Waals surface area (Å²) in [5.41, 5.74) is 2.92.